The summed E-state index contributed by atoms with van der Waals surface area (Å²) in [6, 6.07) is 7.88. The Kier molecular flexibility index (Phi) is 7.85. The molecule has 0 aliphatic carbocycles. The van der Waals surface area contributed by atoms with E-state index in [-0.39, 0.29) is 29.2 Å². The summed E-state index contributed by atoms with van der Waals surface area (Å²) in [4.78, 5) is 19.7. The smallest absolute Gasteiger partial charge is 0.233 e. The predicted molar refractivity (Wildman–Crippen MR) is 124 cm³/mol. The van der Waals surface area contributed by atoms with Gasteiger partial charge in [-0.2, -0.15) is 0 Å². The van der Waals surface area contributed by atoms with Gasteiger partial charge < -0.3 is 9.47 Å². The Morgan fingerprint density at radius 3 is 2.73 bits per heavy atom. The SMILES string of the molecule is CCCCCn1c(SCC(=O)N(CC(C)C)[C@H]2CCS(=O)(=O)C2)nc2ccccc21. The molecule has 1 atom stereocenters. The average molecular weight is 452 g/mol. The molecule has 8 heteroatoms. The number of imidazole rings is 1. The molecule has 1 aliphatic rings. The minimum absolute atomic E-state index is 0.00274. The third-order valence-corrected chi connectivity index (χ3v) is 8.17. The monoisotopic (exact) mass is 451 g/mol. The van der Waals surface area contributed by atoms with Crippen molar-refractivity contribution in [1.82, 2.24) is 14.5 Å². The van der Waals surface area contributed by atoms with Gasteiger partial charge in [0.15, 0.2) is 15.0 Å². The molecule has 166 valence electrons. The van der Waals surface area contributed by atoms with Gasteiger partial charge in [0.05, 0.1) is 28.3 Å². The lowest BCUT2D eigenvalue weighted by Crippen LogP contribution is -2.44. The fraction of sp³-hybridized carbons (Fsp3) is 0.636. The number of nitrogens with zero attached hydrogens (tertiary/aromatic N) is 3. The standard InChI is InChI=1S/C22H33N3O3S2/c1-4-5-8-12-24-20-10-7-6-9-19(20)23-22(24)29-15-21(26)25(14-17(2)3)18-11-13-30(27,28)16-18/h6-7,9-10,17-18H,4-5,8,11-16H2,1-3H3/t18-/m0/s1. The molecule has 0 N–H and O–H groups in total. The Morgan fingerprint density at radius 1 is 1.30 bits per heavy atom. The minimum atomic E-state index is -3.03. The van der Waals surface area contributed by atoms with Gasteiger partial charge in [0.25, 0.3) is 0 Å². The molecule has 1 aliphatic heterocycles. The van der Waals surface area contributed by atoms with E-state index in [0.29, 0.717) is 18.9 Å². The third-order valence-electron chi connectivity index (χ3n) is 5.46. The van der Waals surface area contributed by atoms with Crippen molar-refractivity contribution < 1.29 is 13.2 Å². The van der Waals surface area contributed by atoms with Crippen LogP contribution >= 0.6 is 11.8 Å². The van der Waals surface area contributed by atoms with Gasteiger partial charge in [-0.3, -0.25) is 4.79 Å². The number of benzene rings is 1. The first-order valence-corrected chi connectivity index (χ1v) is 13.7. The number of hydrogen-bond donors (Lipinski definition) is 0. The molecule has 2 aromatic rings. The molecule has 1 fully saturated rings. The van der Waals surface area contributed by atoms with Crippen LogP contribution < -0.4 is 0 Å². The van der Waals surface area contributed by atoms with Gasteiger partial charge in [0.1, 0.15) is 0 Å². The minimum Gasteiger partial charge on any atom is -0.338 e. The van der Waals surface area contributed by atoms with Crippen LogP contribution in [0.1, 0.15) is 46.5 Å². The van der Waals surface area contributed by atoms with Crippen molar-refractivity contribution in [3.8, 4) is 0 Å². The summed E-state index contributed by atoms with van der Waals surface area (Å²) < 4.78 is 26.1. The molecule has 2 heterocycles. The van der Waals surface area contributed by atoms with Crippen LogP contribution in [0.3, 0.4) is 0 Å². The molecule has 0 saturated carbocycles. The summed E-state index contributed by atoms with van der Waals surface area (Å²) in [7, 11) is -3.03. The zero-order valence-electron chi connectivity index (χ0n) is 18.2. The van der Waals surface area contributed by atoms with Crippen molar-refractivity contribution in [2.24, 2.45) is 5.92 Å². The van der Waals surface area contributed by atoms with Crippen LogP contribution in [0.15, 0.2) is 29.4 Å². The molecule has 3 rings (SSSR count). The number of aromatic nitrogens is 2. The second-order valence-corrected chi connectivity index (χ2v) is 11.7. The number of sulfone groups is 1. The fourth-order valence-electron chi connectivity index (χ4n) is 3.98. The van der Waals surface area contributed by atoms with Crippen LogP contribution in [0.2, 0.25) is 0 Å². The molecule has 1 amide bonds. The number of carbonyl (C=O) groups is 1. The van der Waals surface area contributed by atoms with Gasteiger partial charge >= 0.3 is 0 Å². The van der Waals surface area contributed by atoms with Crippen LogP contribution in [0.5, 0.6) is 0 Å². The fourth-order valence-corrected chi connectivity index (χ4v) is 6.64. The van der Waals surface area contributed by atoms with Crippen molar-refractivity contribution in [3.05, 3.63) is 24.3 Å². The van der Waals surface area contributed by atoms with Gasteiger partial charge in [0.2, 0.25) is 5.91 Å². The van der Waals surface area contributed by atoms with Gasteiger partial charge in [-0.25, -0.2) is 13.4 Å². The van der Waals surface area contributed by atoms with Crippen molar-refractivity contribution in [2.45, 2.75) is 64.2 Å². The summed E-state index contributed by atoms with van der Waals surface area (Å²) in [5.41, 5.74) is 2.05. The number of thioether (sulfide) groups is 1. The first kappa shape index (κ1) is 23.1. The van der Waals surface area contributed by atoms with E-state index in [2.05, 4.69) is 31.4 Å². The number of fused-ring (bicyclic) bond motifs is 1. The second-order valence-electron chi connectivity index (χ2n) is 8.53. The topological polar surface area (TPSA) is 72.3 Å². The third kappa shape index (κ3) is 5.78. The molecule has 1 aromatic heterocycles. The molecule has 6 nitrogen and oxygen atoms in total. The predicted octanol–water partition coefficient (Wildman–Crippen LogP) is 3.99. The Labute approximate surface area is 184 Å². The second kappa shape index (κ2) is 10.2. The molecule has 1 aromatic carbocycles. The molecular weight excluding hydrogens is 418 g/mol. The Hall–Kier alpha value is -1.54. The number of unbranched alkanes of at least 4 members (excludes halogenated alkanes) is 2. The largest absolute Gasteiger partial charge is 0.338 e. The van der Waals surface area contributed by atoms with Gasteiger partial charge in [-0.1, -0.05) is 57.5 Å². The van der Waals surface area contributed by atoms with E-state index in [9.17, 15) is 13.2 Å². The van der Waals surface area contributed by atoms with E-state index in [1.807, 2.05) is 18.2 Å². The number of amides is 1. The summed E-state index contributed by atoms with van der Waals surface area (Å²) in [6.45, 7) is 7.79. The first-order valence-electron chi connectivity index (χ1n) is 10.9. The van der Waals surface area contributed by atoms with Crippen LogP contribution in [0.25, 0.3) is 11.0 Å². The van der Waals surface area contributed by atoms with E-state index in [0.717, 1.165) is 42.0 Å². The summed E-state index contributed by atoms with van der Waals surface area (Å²) >= 11 is 1.46. The normalized spacial score (nSPS) is 18.3. The Morgan fingerprint density at radius 2 is 2.07 bits per heavy atom. The van der Waals surface area contributed by atoms with Crippen molar-refractivity contribution in [1.29, 1.82) is 0 Å². The van der Waals surface area contributed by atoms with Crippen LogP contribution in [0.4, 0.5) is 0 Å². The zero-order chi connectivity index (χ0) is 21.7. The lowest BCUT2D eigenvalue weighted by molar-refractivity contribution is -0.130. The van der Waals surface area contributed by atoms with Gasteiger partial charge in [0, 0.05) is 19.1 Å². The Balaban J connectivity index is 1.74. The van der Waals surface area contributed by atoms with Gasteiger partial charge in [-0.05, 0) is 30.9 Å². The highest BCUT2D eigenvalue weighted by atomic mass is 32.2. The lowest BCUT2D eigenvalue weighted by Gasteiger charge is -2.30. The quantitative estimate of drug-likeness (QED) is 0.403. The lowest BCUT2D eigenvalue weighted by atomic mass is 10.1. The molecule has 0 bridgehead atoms. The van der Waals surface area contributed by atoms with E-state index < -0.39 is 9.84 Å². The first-order chi connectivity index (χ1) is 14.3. The zero-order valence-corrected chi connectivity index (χ0v) is 19.8. The Bertz CT molecular complexity index is 969. The number of aryl methyl sites for hydroxylation is 1. The number of hydrogen-bond acceptors (Lipinski definition) is 5. The number of para-hydroxylation sites is 2. The highest BCUT2D eigenvalue weighted by molar-refractivity contribution is 7.99. The molecule has 0 unspecified atom stereocenters. The van der Waals surface area contributed by atoms with Crippen molar-refractivity contribution >= 4 is 38.5 Å². The van der Waals surface area contributed by atoms with Gasteiger partial charge in [-0.15, -0.1) is 0 Å². The van der Waals surface area contributed by atoms with E-state index in [4.69, 9.17) is 4.98 Å². The summed E-state index contributed by atoms with van der Waals surface area (Å²) in [5.74, 6) is 0.843. The van der Waals surface area contributed by atoms with E-state index in [1.54, 1.807) is 4.90 Å². The maximum Gasteiger partial charge on any atom is 0.233 e. The summed E-state index contributed by atoms with van der Waals surface area (Å²) in [5, 5.41) is 0.865. The highest BCUT2D eigenvalue weighted by Gasteiger charge is 2.34. The van der Waals surface area contributed by atoms with Crippen molar-refractivity contribution in [2.75, 3.05) is 23.8 Å². The maximum atomic E-state index is 13.1. The summed E-state index contributed by atoms with van der Waals surface area (Å²) in [6.07, 6.45) is 3.94. The van der Waals surface area contributed by atoms with Crippen molar-refractivity contribution in [3.63, 3.8) is 0 Å². The van der Waals surface area contributed by atoms with Crippen LogP contribution in [-0.2, 0) is 21.2 Å². The number of carbonyl (C=O) groups excluding carboxylic acids is 1. The van der Waals surface area contributed by atoms with E-state index >= 15 is 0 Å². The highest BCUT2D eigenvalue weighted by Crippen LogP contribution is 2.26. The van der Waals surface area contributed by atoms with Crippen LogP contribution in [-0.4, -0.2) is 58.6 Å². The molecule has 30 heavy (non-hydrogen) atoms. The molecular formula is C22H33N3O3S2. The molecule has 0 radical (unpaired) electrons. The van der Waals surface area contributed by atoms with Crippen LogP contribution in [0, 0.1) is 5.92 Å². The number of rotatable bonds is 10. The maximum absolute atomic E-state index is 13.1. The molecule has 1 saturated heterocycles. The van der Waals surface area contributed by atoms with E-state index in [1.165, 1.54) is 11.8 Å². The average Bonchev–Trinajstić information content (AvgIpc) is 3.24. The molecule has 0 spiro atoms.